The summed E-state index contributed by atoms with van der Waals surface area (Å²) in [5.41, 5.74) is 11.1. The van der Waals surface area contributed by atoms with E-state index in [4.69, 9.17) is 5.73 Å². The van der Waals surface area contributed by atoms with Crippen molar-refractivity contribution in [3.05, 3.63) is 65.0 Å². The van der Waals surface area contributed by atoms with E-state index >= 15 is 0 Å². The van der Waals surface area contributed by atoms with E-state index in [1.165, 1.54) is 16.7 Å². The van der Waals surface area contributed by atoms with Gasteiger partial charge in [-0.15, -0.1) is 0 Å². The zero-order valence-electron chi connectivity index (χ0n) is 10.7. The van der Waals surface area contributed by atoms with Crippen molar-refractivity contribution < 1.29 is 0 Å². The topological polar surface area (TPSA) is 38.9 Å². The van der Waals surface area contributed by atoms with Gasteiger partial charge in [0.25, 0.3) is 0 Å². The van der Waals surface area contributed by atoms with Crippen molar-refractivity contribution in [3.8, 4) is 0 Å². The molecule has 1 heterocycles. The number of pyridine rings is 1. The van der Waals surface area contributed by atoms with E-state index in [1.54, 1.807) is 0 Å². The van der Waals surface area contributed by atoms with Gasteiger partial charge in [0.05, 0.1) is 11.2 Å². The highest BCUT2D eigenvalue weighted by molar-refractivity contribution is 5.41. The van der Waals surface area contributed by atoms with Crippen LogP contribution in [0.1, 0.15) is 35.2 Å². The molecule has 0 fully saturated rings. The maximum Gasteiger partial charge on any atom is 0.0841 e. The fourth-order valence-corrected chi connectivity index (χ4v) is 2.85. The van der Waals surface area contributed by atoms with Crippen molar-refractivity contribution in [1.82, 2.24) is 4.98 Å². The van der Waals surface area contributed by atoms with Gasteiger partial charge in [-0.1, -0.05) is 35.9 Å². The van der Waals surface area contributed by atoms with Gasteiger partial charge in [-0.25, -0.2) is 0 Å². The molecule has 1 aliphatic carbocycles. The summed E-state index contributed by atoms with van der Waals surface area (Å²) >= 11 is 0. The van der Waals surface area contributed by atoms with Crippen molar-refractivity contribution >= 4 is 0 Å². The second-order valence-corrected chi connectivity index (χ2v) is 5.20. The van der Waals surface area contributed by atoms with E-state index in [0.717, 1.165) is 25.0 Å². The monoisotopic (exact) mass is 238 g/mol. The first-order valence-corrected chi connectivity index (χ1v) is 6.50. The summed E-state index contributed by atoms with van der Waals surface area (Å²) in [6.45, 7) is 2.10. The van der Waals surface area contributed by atoms with E-state index in [9.17, 15) is 0 Å². The zero-order chi connectivity index (χ0) is 12.6. The van der Waals surface area contributed by atoms with Gasteiger partial charge in [0.15, 0.2) is 0 Å². The lowest BCUT2D eigenvalue weighted by Crippen LogP contribution is -2.42. The van der Waals surface area contributed by atoms with Gasteiger partial charge in [-0.3, -0.25) is 4.98 Å². The van der Waals surface area contributed by atoms with Gasteiger partial charge in [0, 0.05) is 6.20 Å². The number of rotatable bonds is 1. The second kappa shape index (κ2) is 4.21. The van der Waals surface area contributed by atoms with E-state index in [1.807, 2.05) is 12.3 Å². The Morgan fingerprint density at radius 3 is 2.72 bits per heavy atom. The SMILES string of the molecule is Cc1ccc(C2(N)CCCc3cccnc32)cc1. The highest BCUT2D eigenvalue weighted by Crippen LogP contribution is 2.37. The summed E-state index contributed by atoms with van der Waals surface area (Å²) in [4.78, 5) is 4.55. The third-order valence-corrected chi connectivity index (χ3v) is 3.90. The molecule has 2 nitrogen and oxygen atoms in total. The van der Waals surface area contributed by atoms with Crippen LogP contribution < -0.4 is 5.73 Å². The van der Waals surface area contributed by atoms with Gasteiger partial charge in [-0.2, -0.15) is 0 Å². The van der Waals surface area contributed by atoms with Gasteiger partial charge in [0.2, 0.25) is 0 Å². The second-order valence-electron chi connectivity index (χ2n) is 5.20. The smallest absolute Gasteiger partial charge is 0.0841 e. The number of nitrogens with zero attached hydrogens (tertiary/aromatic N) is 1. The molecule has 1 aliphatic rings. The first kappa shape index (κ1) is 11.4. The lowest BCUT2D eigenvalue weighted by Gasteiger charge is -2.35. The van der Waals surface area contributed by atoms with Crippen molar-refractivity contribution in [3.63, 3.8) is 0 Å². The molecule has 1 aromatic carbocycles. The number of fused-ring (bicyclic) bond motifs is 1. The maximum atomic E-state index is 6.68. The molecule has 0 saturated heterocycles. The highest BCUT2D eigenvalue weighted by Gasteiger charge is 2.35. The fourth-order valence-electron chi connectivity index (χ4n) is 2.85. The van der Waals surface area contributed by atoms with Crippen molar-refractivity contribution in [1.29, 1.82) is 0 Å². The van der Waals surface area contributed by atoms with Gasteiger partial charge in [0.1, 0.15) is 0 Å². The average molecular weight is 238 g/mol. The van der Waals surface area contributed by atoms with Gasteiger partial charge >= 0.3 is 0 Å². The summed E-state index contributed by atoms with van der Waals surface area (Å²) in [5, 5.41) is 0. The number of nitrogens with two attached hydrogens (primary N) is 1. The minimum absolute atomic E-state index is 0.414. The molecule has 0 radical (unpaired) electrons. The summed E-state index contributed by atoms with van der Waals surface area (Å²) in [7, 11) is 0. The molecule has 3 rings (SSSR count). The lowest BCUT2D eigenvalue weighted by atomic mass is 9.76. The van der Waals surface area contributed by atoms with Gasteiger partial charge < -0.3 is 5.73 Å². The van der Waals surface area contributed by atoms with Crippen LogP contribution in [-0.4, -0.2) is 4.98 Å². The van der Waals surface area contributed by atoms with Crippen molar-refractivity contribution in [2.24, 2.45) is 5.73 Å². The first-order chi connectivity index (χ1) is 8.70. The highest BCUT2D eigenvalue weighted by atomic mass is 14.8. The van der Waals surface area contributed by atoms with E-state index in [2.05, 4.69) is 42.2 Å². The van der Waals surface area contributed by atoms with Crippen LogP contribution in [0.3, 0.4) is 0 Å². The van der Waals surface area contributed by atoms with Crippen LogP contribution in [0.5, 0.6) is 0 Å². The molecule has 0 amide bonds. The average Bonchev–Trinajstić information content (AvgIpc) is 2.40. The summed E-state index contributed by atoms with van der Waals surface area (Å²) in [6, 6.07) is 12.7. The lowest BCUT2D eigenvalue weighted by molar-refractivity contribution is 0.429. The zero-order valence-corrected chi connectivity index (χ0v) is 10.7. The van der Waals surface area contributed by atoms with E-state index < -0.39 is 5.54 Å². The summed E-state index contributed by atoms with van der Waals surface area (Å²) < 4.78 is 0. The molecule has 0 aliphatic heterocycles. The predicted octanol–water partition coefficient (Wildman–Crippen LogP) is 2.93. The molecule has 1 aromatic heterocycles. The van der Waals surface area contributed by atoms with Crippen molar-refractivity contribution in [2.45, 2.75) is 31.7 Å². The fraction of sp³-hybridized carbons (Fsp3) is 0.312. The molecule has 92 valence electrons. The molecule has 2 heteroatoms. The number of benzene rings is 1. The predicted molar refractivity (Wildman–Crippen MR) is 73.3 cm³/mol. The third-order valence-electron chi connectivity index (χ3n) is 3.90. The Balaban J connectivity index is 2.13. The normalized spacial score (nSPS) is 22.6. The Labute approximate surface area is 108 Å². The molecule has 0 saturated carbocycles. The van der Waals surface area contributed by atoms with Crippen molar-refractivity contribution in [2.75, 3.05) is 0 Å². The standard InChI is InChI=1S/C16H18N2/c1-12-6-8-14(9-7-12)16(17)10-2-4-13-5-3-11-18-15(13)16/h3,5-9,11H,2,4,10,17H2,1H3. The van der Waals surface area contributed by atoms with Crippen LogP contribution in [0, 0.1) is 6.92 Å². The molecule has 2 N–H and O–H groups in total. The number of aryl methyl sites for hydroxylation is 2. The first-order valence-electron chi connectivity index (χ1n) is 6.50. The summed E-state index contributed by atoms with van der Waals surface area (Å²) in [5.74, 6) is 0. The van der Waals surface area contributed by atoms with Crippen LogP contribution in [0.25, 0.3) is 0 Å². The molecule has 1 atom stereocenters. The van der Waals surface area contributed by atoms with E-state index in [0.29, 0.717) is 0 Å². The minimum atomic E-state index is -0.414. The van der Waals surface area contributed by atoms with Crippen LogP contribution in [-0.2, 0) is 12.0 Å². The Kier molecular flexibility index (Phi) is 2.67. The Hall–Kier alpha value is -1.67. The minimum Gasteiger partial charge on any atom is -0.316 e. The van der Waals surface area contributed by atoms with Crippen LogP contribution in [0.4, 0.5) is 0 Å². The van der Waals surface area contributed by atoms with E-state index in [-0.39, 0.29) is 0 Å². The molecule has 18 heavy (non-hydrogen) atoms. The molecule has 0 spiro atoms. The quantitative estimate of drug-likeness (QED) is 0.829. The van der Waals surface area contributed by atoms with Crippen LogP contribution in [0.15, 0.2) is 42.6 Å². The molecular weight excluding hydrogens is 220 g/mol. The third kappa shape index (κ3) is 1.73. The van der Waals surface area contributed by atoms with Gasteiger partial charge in [-0.05, 0) is 43.4 Å². The number of aromatic nitrogens is 1. The largest absolute Gasteiger partial charge is 0.316 e. The molecule has 2 aromatic rings. The Morgan fingerprint density at radius 2 is 1.94 bits per heavy atom. The molecule has 0 bridgehead atoms. The number of hydrogen-bond donors (Lipinski definition) is 1. The van der Waals surface area contributed by atoms with Crippen LogP contribution >= 0.6 is 0 Å². The Bertz CT molecular complexity index is 560. The summed E-state index contributed by atoms with van der Waals surface area (Å²) in [6.07, 6.45) is 5.04. The van der Waals surface area contributed by atoms with Crippen LogP contribution in [0.2, 0.25) is 0 Å². The Morgan fingerprint density at radius 1 is 1.17 bits per heavy atom. The molecular formula is C16H18N2. The number of hydrogen-bond acceptors (Lipinski definition) is 2. The molecule has 1 unspecified atom stereocenters. The maximum absolute atomic E-state index is 6.68.